The Hall–Kier alpha value is -1.14. The van der Waals surface area contributed by atoms with Crippen LogP contribution < -0.4 is 4.90 Å². The topological polar surface area (TPSA) is 26.3 Å². The van der Waals surface area contributed by atoms with E-state index in [1.165, 1.54) is 32.5 Å². The highest BCUT2D eigenvalue weighted by Gasteiger charge is 2.30. The average molecular weight is 387 g/mol. The van der Waals surface area contributed by atoms with Gasteiger partial charge in [-0.05, 0) is 55.9 Å². The summed E-state index contributed by atoms with van der Waals surface area (Å²) in [5.74, 6) is 0. The number of piperidine rings is 1. The van der Waals surface area contributed by atoms with Crippen molar-refractivity contribution in [2.24, 2.45) is 0 Å². The normalized spacial score (nSPS) is 24.9. The van der Waals surface area contributed by atoms with E-state index >= 15 is 0 Å². The third kappa shape index (κ3) is 3.50. The molecule has 26 heavy (non-hydrogen) atoms. The lowest BCUT2D eigenvalue weighted by Gasteiger charge is -2.49. The number of likely N-dealkylation sites (tertiary alicyclic amines) is 1. The zero-order valence-corrected chi connectivity index (χ0v) is 17.1. The molecule has 138 valence electrons. The van der Waals surface area contributed by atoms with Crippen molar-refractivity contribution >= 4 is 34.9 Å². The fraction of sp³-hybridized carbons (Fsp3) is 0.429. The smallest absolute Gasteiger partial charge is 0.0902 e. The number of rotatable bonds is 4. The lowest BCUT2D eigenvalue weighted by Crippen LogP contribution is -2.51. The predicted molar refractivity (Wildman–Crippen MR) is 112 cm³/mol. The fourth-order valence-corrected chi connectivity index (χ4v) is 5.64. The van der Waals surface area contributed by atoms with Gasteiger partial charge in [0, 0.05) is 27.7 Å². The van der Waals surface area contributed by atoms with Crippen LogP contribution in [0.15, 0.2) is 57.2 Å². The van der Waals surface area contributed by atoms with Gasteiger partial charge in [-0.3, -0.25) is 0 Å². The molecule has 0 bridgehead atoms. The van der Waals surface area contributed by atoms with Crippen LogP contribution in [0.1, 0.15) is 25.7 Å². The predicted octanol–water partition coefficient (Wildman–Crippen LogP) is 5.90. The molecular weight excluding hydrogens is 360 g/mol. The van der Waals surface area contributed by atoms with Gasteiger partial charge in [-0.25, -0.2) is 0 Å². The number of hydrogen-bond donors (Lipinski definition) is 0. The Balaban J connectivity index is 1.64. The third-order valence-electron chi connectivity index (χ3n) is 5.68. The van der Waals surface area contributed by atoms with Gasteiger partial charge in [0.1, 0.15) is 0 Å². The zero-order chi connectivity index (χ0) is 18.1. The van der Waals surface area contributed by atoms with Gasteiger partial charge in [-0.1, -0.05) is 23.9 Å². The molecule has 2 heterocycles. The first kappa shape index (κ1) is 18.2. The third-order valence-corrected chi connectivity index (χ3v) is 7.54. The maximum Gasteiger partial charge on any atom is 0.0902 e. The molecule has 4 rings (SSSR count). The molecule has 5 heteroatoms. The van der Waals surface area contributed by atoms with Crippen LogP contribution in [-0.2, 0) is 0 Å². The summed E-state index contributed by atoms with van der Waals surface area (Å²) < 4.78 is -0.0675. The Morgan fingerprint density at radius 1 is 1.15 bits per heavy atom. The molecule has 0 N–H and O–H groups in total. The van der Waals surface area contributed by atoms with Crippen molar-refractivity contribution in [1.29, 1.82) is 0 Å². The summed E-state index contributed by atoms with van der Waals surface area (Å²) in [6.07, 6.45) is 6.39. The lowest BCUT2D eigenvalue weighted by atomic mass is 9.99. The van der Waals surface area contributed by atoms with Crippen molar-refractivity contribution in [3.05, 3.63) is 47.7 Å². The Morgan fingerprint density at radius 2 is 1.96 bits per heavy atom. The molecule has 2 unspecified atom stereocenters. The maximum absolute atomic E-state index is 12.8. The zero-order valence-electron chi connectivity index (χ0n) is 15.5. The molecule has 0 spiro atoms. The van der Waals surface area contributed by atoms with Gasteiger partial charge in [-0.15, -0.1) is 11.8 Å². The average Bonchev–Trinajstić information content (AvgIpc) is 2.65. The van der Waals surface area contributed by atoms with Crippen LogP contribution in [0.3, 0.4) is 0 Å². The first-order valence-corrected chi connectivity index (χ1v) is 11.4. The van der Waals surface area contributed by atoms with Crippen molar-refractivity contribution in [1.82, 2.24) is 0 Å². The van der Waals surface area contributed by atoms with E-state index in [0.717, 1.165) is 32.4 Å². The summed E-state index contributed by atoms with van der Waals surface area (Å²) in [4.78, 5) is 6.34. The van der Waals surface area contributed by atoms with E-state index in [1.54, 1.807) is 11.8 Å². The van der Waals surface area contributed by atoms with E-state index in [-0.39, 0.29) is 10.7 Å². The van der Waals surface area contributed by atoms with E-state index < -0.39 is 0 Å². The first-order chi connectivity index (χ1) is 12.6. The number of hydrogen-bond acceptors (Lipinski definition) is 4. The highest BCUT2D eigenvalue weighted by Crippen LogP contribution is 2.49. The maximum atomic E-state index is 12.8. The molecule has 2 aliphatic heterocycles. The van der Waals surface area contributed by atoms with Gasteiger partial charge in [0.15, 0.2) is 0 Å². The quantitative estimate of drug-likeness (QED) is 0.371. The van der Waals surface area contributed by atoms with Crippen LogP contribution in [0.4, 0.5) is 11.4 Å². The van der Waals surface area contributed by atoms with Crippen molar-refractivity contribution in [3.8, 4) is 0 Å². The summed E-state index contributed by atoms with van der Waals surface area (Å²) in [7, 11) is 1.86. The Morgan fingerprint density at radius 3 is 2.77 bits per heavy atom. The second kappa shape index (κ2) is 7.47. The Kier molecular flexibility index (Phi) is 5.24. The van der Waals surface area contributed by atoms with Gasteiger partial charge >= 0.3 is 0 Å². The van der Waals surface area contributed by atoms with E-state index in [2.05, 4.69) is 53.6 Å². The number of quaternary nitrogens is 1. The number of thioether (sulfide) groups is 1. The molecular formula is C21H26N2OS2. The summed E-state index contributed by atoms with van der Waals surface area (Å²) >= 11 is 3.63. The molecule has 0 aliphatic carbocycles. The van der Waals surface area contributed by atoms with Crippen LogP contribution in [0.2, 0.25) is 0 Å². The Bertz CT molecular complexity index is 793. The van der Waals surface area contributed by atoms with Gasteiger partial charge in [-0.2, -0.15) is 0 Å². The largest absolute Gasteiger partial charge is 0.633 e. The molecule has 0 amide bonds. The summed E-state index contributed by atoms with van der Waals surface area (Å²) in [5.41, 5.74) is 2.57. The van der Waals surface area contributed by atoms with Gasteiger partial charge in [0.2, 0.25) is 0 Å². The number of anilines is 2. The number of para-hydroxylation sites is 1. The molecule has 0 radical (unpaired) electrons. The molecule has 2 aromatic carbocycles. The van der Waals surface area contributed by atoms with Crippen LogP contribution in [-0.4, -0.2) is 37.1 Å². The molecule has 3 nitrogen and oxygen atoms in total. The highest BCUT2D eigenvalue weighted by atomic mass is 32.2. The molecule has 1 saturated heterocycles. The molecule has 0 aromatic heterocycles. The minimum atomic E-state index is -0.0675. The summed E-state index contributed by atoms with van der Waals surface area (Å²) in [5, 5.41) is 12.8. The second-order valence-electron chi connectivity index (χ2n) is 7.39. The van der Waals surface area contributed by atoms with Crippen LogP contribution >= 0.6 is 23.5 Å². The van der Waals surface area contributed by atoms with Crippen molar-refractivity contribution < 1.29 is 4.65 Å². The minimum Gasteiger partial charge on any atom is -0.633 e. The summed E-state index contributed by atoms with van der Waals surface area (Å²) in [6.45, 7) is 1.67. The van der Waals surface area contributed by atoms with Crippen LogP contribution in [0.25, 0.3) is 0 Å². The standard InChI is InChI=1S/C21H26N2OS2/c1-23(24)14-6-5-7-16(23)12-13-22-18-8-3-4-9-20(18)26-21-11-10-17(25-2)15-19(21)22/h3-4,8-11,15-16H,5-7,12-14H2,1-2H3. The van der Waals surface area contributed by atoms with Gasteiger partial charge in [0.05, 0.1) is 31.0 Å². The lowest BCUT2D eigenvalue weighted by molar-refractivity contribution is -0.892. The van der Waals surface area contributed by atoms with E-state index in [1.807, 2.05) is 18.8 Å². The summed E-state index contributed by atoms with van der Waals surface area (Å²) in [6, 6.07) is 15.6. The molecule has 1 fully saturated rings. The van der Waals surface area contributed by atoms with Crippen molar-refractivity contribution in [2.45, 2.75) is 46.4 Å². The fourth-order valence-electron chi connectivity index (χ4n) is 4.13. The molecule has 0 saturated carbocycles. The highest BCUT2D eigenvalue weighted by molar-refractivity contribution is 8.00. The van der Waals surface area contributed by atoms with E-state index in [9.17, 15) is 5.21 Å². The Labute approximate surface area is 164 Å². The van der Waals surface area contributed by atoms with E-state index in [0.29, 0.717) is 0 Å². The number of nitrogens with zero attached hydrogens (tertiary/aromatic N) is 2. The SMILES string of the molecule is CSc1ccc2c(c1)N(CCC1CCCC[N+]1(C)[O-])c1ccccc1S2. The van der Waals surface area contributed by atoms with Gasteiger partial charge < -0.3 is 14.8 Å². The molecule has 2 aromatic rings. The van der Waals surface area contributed by atoms with Gasteiger partial charge in [0.25, 0.3) is 0 Å². The van der Waals surface area contributed by atoms with Crippen molar-refractivity contribution in [3.63, 3.8) is 0 Å². The number of benzene rings is 2. The monoisotopic (exact) mass is 386 g/mol. The van der Waals surface area contributed by atoms with Crippen LogP contribution in [0.5, 0.6) is 0 Å². The number of hydroxylamine groups is 3. The van der Waals surface area contributed by atoms with Crippen molar-refractivity contribution in [2.75, 3.05) is 31.3 Å². The first-order valence-electron chi connectivity index (χ1n) is 9.37. The minimum absolute atomic E-state index is 0.0675. The second-order valence-corrected chi connectivity index (χ2v) is 9.35. The van der Waals surface area contributed by atoms with Crippen LogP contribution in [0, 0.1) is 5.21 Å². The molecule has 2 aliphatic rings. The van der Waals surface area contributed by atoms with E-state index in [4.69, 9.17) is 0 Å². The number of fused-ring (bicyclic) bond motifs is 2. The molecule has 2 atom stereocenters.